The lowest BCUT2D eigenvalue weighted by Gasteiger charge is -2.54. The van der Waals surface area contributed by atoms with E-state index in [1.54, 1.807) is 12.1 Å². The summed E-state index contributed by atoms with van der Waals surface area (Å²) in [6.45, 7) is 2.09. The van der Waals surface area contributed by atoms with Crippen LogP contribution in [0.15, 0.2) is 72.8 Å². The van der Waals surface area contributed by atoms with Crippen LogP contribution in [0.2, 0.25) is 0 Å². The highest BCUT2D eigenvalue weighted by Crippen LogP contribution is 2.65. The number of imide groups is 1. The minimum absolute atomic E-state index is 0.0534. The van der Waals surface area contributed by atoms with Crippen LogP contribution in [0.3, 0.4) is 0 Å². The maximum Gasteiger partial charge on any atom is 0.238 e. The van der Waals surface area contributed by atoms with E-state index in [1.807, 2.05) is 24.3 Å². The maximum absolute atomic E-state index is 14.0. The molecule has 6 heteroatoms. The summed E-state index contributed by atoms with van der Waals surface area (Å²) in [4.78, 5) is 29.1. The highest BCUT2D eigenvalue weighted by molar-refractivity contribution is 6.23. The van der Waals surface area contributed by atoms with Gasteiger partial charge in [-0.05, 0) is 34.7 Å². The third-order valence-corrected chi connectivity index (χ3v) is 7.70. The molecule has 6 nitrogen and oxygen atoms in total. The predicted octanol–water partition coefficient (Wildman–Crippen LogP) is 3.05. The third-order valence-electron chi connectivity index (χ3n) is 7.70. The first-order chi connectivity index (χ1) is 15.5. The van der Waals surface area contributed by atoms with Crippen molar-refractivity contribution in [3.05, 3.63) is 100 Å². The van der Waals surface area contributed by atoms with Crippen molar-refractivity contribution in [3.63, 3.8) is 0 Å². The minimum Gasteiger partial charge on any atom is -0.595 e. The van der Waals surface area contributed by atoms with E-state index in [0.29, 0.717) is 12.1 Å². The maximum atomic E-state index is 14.0. The van der Waals surface area contributed by atoms with Crippen molar-refractivity contribution in [2.45, 2.75) is 24.7 Å². The van der Waals surface area contributed by atoms with E-state index in [-0.39, 0.29) is 23.4 Å². The molecule has 32 heavy (non-hydrogen) atoms. The fraction of sp³-hybridized carbons (Fsp3) is 0.231. The molecule has 1 aliphatic heterocycles. The van der Waals surface area contributed by atoms with E-state index in [9.17, 15) is 20.0 Å². The van der Waals surface area contributed by atoms with Crippen LogP contribution in [0.25, 0.3) is 0 Å². The Morgan fingerprint density at radius 3 is 2.16 bits per heavy atom. The second kappa shape index (κ2) is 6.59. The second-order valence-corrected chi connectivity index (χ2v) is 8.85. The summed E-state index contributed by atoms with van der Waals surface area (Å²) in [5, 5.41) is 19.8. The number of hydrogen-bond acceptors (Lipinski definition) is 4. The monoisotopic (exact) mass is 426 g/mol. The Morgan fingerprint density at radius 1 is 0.938 bits per heavy atom. The number of anilines is 1. The van der Waals surface area contributed by atoms with Gasteiger partial charge in [-0.3, -0.25) is 9.59 Å². The van der Waals surface area contributed by atoms with E-state index >= 15 is 0 Å². The Hall–Kier alpha value is -3.32. The van der Waals surface area contributed by atoms with Crippen molar-refractivity contribution in [3.8, 4) is 0 Å². The Kier molecular flexibility index (Phi) is 3.99. The first-order valence-corrected chi connectivity index (χ1v) is 10.9. The lowest BCUT2D eigenvalue weighted by molar-refractivity contribution is -0.991. The molecule has 2 amide bonds. The molecule has 3 aromatic carbocycles. The van der Waals surface area contributed by atoms with E-state index in [0.717, 1.165) is 22.3 Å². The van der Waals surface area contributed by atoms with Gasteiger partial charge in [-0.1, -0.05) is 61.5 Å². The number of carbonyl (C=O) groups excluding carboxylic acids is 2. The minimum atomic E-state index is -1.09. The van der Waals surface area contributed by atoms with Crippen molar-refractivity contribution >= 4 is 23.2 Å². The van der Waals surface area contributed by atoms with Crippen LogP contribution in [0.5, 0.6) is 0 Å². The molecule has 3 aromatic rings. The molecule has 2 bridgehead atoms. The topological polar surface area (TPSA) is 85.1 Å². The Labute approximate surface area is 185 Å². The number of nitrogens with zero attached hydrogens (tertiary/aromatic N) is 1. The Balaban J connectivity index is 1.60. The molecule has 1 heterocycles. The quantitative estimate of drug-likeness (QED) is 0.498. The molecule has 0 radical (unpaired) electrons. The molecule has 7 rings (SSSR count). The van der Waals surface area contributed by atoms with Gasteiger partial charge in [-0.25, -0.2) is 10.1 Å². The van der Waals surface area contributed by atoms with Crippen molar-refractivity contribution in [2.24, 2.45) is 11.8 Å². The average molecular weight is 426 g/mol. The highest BCUT2D eigenvalue weighted by atomic mass is 16.8. The zero-order chi connectivity index (χ0) is 22.2. The summed E-state index contributed by atoms with van der Waals surface area (Å²) in [5.74, 6) is -1.68. The van der Waals surface area contributed by atoms with Crippen LogP contribution >= 0.6 is 0 Å². The summed E-state index contributed by atoms with van der Waals surface area (Å²) in [6, 6.07) is 22.5. The van der Waals surface area contributed by atoms with Crippen molar-refractivity contribution in [1.29, 1.82) is 0 Å². The molecule has 2 N–H and O–H groups in total. The molecule has 4 aliphatic rings. The van der Waals surface area contributed by atoms with E-state index in [4.69, 9.17) is 0 Å². The van der Waals surface area contributed by atoms with E-state index in [1.165, 1.54) is 17.0 Å². The van der Waals surface area contributed by atoms with E-state index < -0.39 is 22.5 Å². The Morgan fingerprint density at radius 2 is 1.56 bits per heavy atom. The summed E-state index contributed by atoms with van der Waals surface area (Å²) in [5.41, 5.74) is 4.31. The summed E-state index contributed by atoms with van der Waals surface area (Å²) in [6.07, 6.45) is 0.691. The lowest BCUT2D eigenvalue weighted by atomic mass is 9.46. The van der Waals surface area contributed by atoms with Gasteiger partial charge in [-0.2, -0.15) is 5.23 Å². The molecule has 0 saturated carbocycles. The SMILES string of the molecule is CCC12c3ccccc3C(c3ccccc31)[C@@H]1C(=O)N(c3cccc([NH+]([O-])O)c3)C(=O)[C@H]12. The fourth-order valence-corrected chi connectivity index (χ4v) is 6.56. The van der Waals surface area contributed by atoms with Gasteiger partial charge in [0.1, 0.15) is 0 Å². The number of benzene rings is 3. The standard InChI is InChI=1S/C26H22N2O4/c1-2-26-19-12-5-3-10-17(19)21(18-11-4-6-13-20(18)26)22-23(26)25(30)27(24(22)29)15-8-7-9-16(14-15)28(31)32/h3-14,21-23,28,31H,2H2,1H3/t21?,22-,23-,26?/m0/s1. The molecule has 0 aromatic heterocycles. The molecule has 3 aliphatic carbocycles. The van der Waals surface area contributed by atoms with Gasteiger partial charge in [0, 0.05) is 23.5 Å². The van der Waals surface area contributed by atoms with Gasteiger partial charge in [0.25, 0.3) is 0 Å². The molecule has 1 fully saturated rings. The van der Waals surface area contributed by atoms with Gasteiger partial charge >= 0.3 is 0 Å². The van der Waals surface area contributed by atoms with E-state index in [2.05, 4.69) is 31.2 Å². The third kappa shape index (κ3) is 2.19. The first kappa shape index (κ1) is 19.4. The Bertz CT molecular complexity index is 1240. The van der Waals surface area contributed by atoms with Crippen LogP contribution in [0.1, 0.15) is 41.5 Å². The van der Waals surface area contributed by atoms with Gasteiger partial charge in [0.2, 0.25) is 11.8 Å². The molecule has 3 atom stereocenters. The van der Waals surface area contributed by atoms with Crippen LogP contribution in [-0.2, 0) is 15.0 Å². The summed E-state index contributed by atoms with van der Waals surface area (Å²) < 4.78 is 0. The van der Waals surface area contributed by atoms with Gasteiger partial charge in [0.05, 0.1) is 17.5 Å². The number of amides is 2. The van der Waals surface area contributed by atoms with Crippen LogP contribution in [0.4, 0.5) is 11.4 Å². The number of rotatable bonds is 3. The second-order valence-electron chi connectivity index (χ2n) is 8.85. The van der Waals surface area contributed by atoms with Crippen molar-refractivity contribution in [2.75, 3.05) is 4.90 Å². The zero-order valence-electron chi connectivity index (χ0n) is 17.5. The van der Waals surface area contributed by atoms with Crippen LogP contribution in [-0.4, -0.2) is 17.0 Å². The number of carbonyl (C=O) groups is 2. The first-order valence-electron chi connectivity index (χ1n) is 10.9. The summed E-state index contributed by atoms with van der Waals surface area (Å²) in [7, 11) is 0. The number of quaternary nitrogens is 1. The number of nitrogens with one attached hydrogen (secondary N) is 1. The van der Waals surface area contributed by atoms with Crippen molar-refractivity contribution < 1.29 is 20.0 Å². The molecular weight excluding hydrogens is 404 g/mol. The normalized spacial score (nSPS) is 28.3. The van der Waals surface area contributed by atoms with Gasteiger partial charge < -0.3 is 5.21 Å². The molecule has 160 valence electrons. The smallest absolute Gasteiger partial charge is 0.238 e. The van der Waals surface area contributed by atoms with Crippen molar-refractivity contribution in [1.82, 2.24) is 0 Å². The number of hydrogen-bond donors (Lipinski definition) is 2. The predicted molar refractivity (Wildman–Crippen MR) is 117 cm³/mol. The zero-order valence-corrected chi connectivity index (χ0v) is 17.5. The largest absolute Gasteiger partial charge is 0.595 e. The highest BCUT2D eigenvalue weighted by Gasteiger charge is 2.67. The fourth-order valence-electron chi connectivity index (χ4n) is 6.56. The lowest BCUT2D eigenvalue weighted by Crippen LogP contribution is -2.99. The molecule has 0 spiro atoms. The van der Waals surface area contributed by atoms with Crippen LogP contribution in [0, 0.1) is 17.0 Å². The van der Waals surface area contributed by atoms with Gasteiger partial charge in [0.15, 0.2) is 5.69 Å². The molecular formula is C26H22N2O4. The van der Waals surface area contributed by atoms with Crippen LogP contribution < -0.4 is 10.1 Å². The van der Waals surface area contributed by atoms with Gasteiger partial charge in [-0.15, -0.1) is 0 Å². The average Bonchev–Trinajstić information content (AvgIpc) is 3.10. The summed E-state index contributed by atoms with van der Waals surface area (Å²) >= 11 is 0. The molecule has 1 saturated heterocycles. The molecule has 1 unspecified atom stereocenters.